The first kappa shape index (κ1) is 28.2. The third-order valence-corrected chi connectivity index (χ3v) is 6.79. The Kier molecular flexibility index (Phi) is 8.39. The highest BCUT2D eigenvalue weighted by Crippen LogP contribution is 2.26. The number of nitrogens with two attached hydrogens (primary N) is 1. The molecule has 1 aliphatic rings. The Balaban J connectivity index is 1.22. The van der Waals surface area contributed by atoms with Crippen LogP contribution < -0.4 is 21.3 Å². The minimum Gasteiger partial charge on any atom is -0.353 e. The van der Waals surface area contributed by atoms with Crippen molar-refractivity contribution in [2.45, 2.75) is 6.54 Å². The van der Waals surface area contributed by atoms with Crippen molar-refractivity contribution in [1.82, 2.24) is 19.8 Å². The summed E-state index contributed by atoms with van der Waals surface area (Å²) >= 11 is 0. The molecule has 42 heavy (non-hydrogen) atoms. The van der Waals surface area contributed by atoms with Crippen LogP contribution in [0.25, 0.3) is 11.3 Å². The van der Waals surface area contributed by atoms with Crippen LogP contribution in [0.5, 0.6) is 0 Å². The maximum atomic E-state index is 13.2. The molecule has 11 nitrogen and oxygen atoms in total. The number of benzene rings is 2. The zero-order valence-corrected chi connectivity index (χ0v) is 23.4. The van der Waals surface area contributed by atoms with E-state index in [1.807, 2.05) is 48.5 Å². The van der Waals surface area contributed by atoms with Crippen LogP contribution in [-0.4, -0.2) is 71.3 Å². The number of amides is 4. The Hall–Kier alpha value is -5.29. The van der Waals surface area contributed by atoms with Gasteiger partial charge >= 0.3 is 6.03 Å². The number of aromatic nitrogens is 2. The largest absolute Gasteiger partial charge is 0.353 e. The van der Waals surface area contributed by atoms with E-state index >= 15 is 0 Å². The number of carbonyl (C=O) groups is 3. The minimum atomic E-state index is -0.271. The molecule has 3 heterocycles. The number of nitrogens with zero attached hydrogens (tertiary/aromatic N) is 5. The standard InChI is InChI=1S/C31H32N8O3/c1-37(2)30(41)23-8-6-22(7-9-23)28-11-10-25(18-34-28)35-26-15-27(19-33-17-26)39-13-12-38(31(39)42)20-21-4-3-5-24(14-21)36-29(40)16-32/h3-11,14-15,17-19,35H,12-13,16,20,32H2,1-2H3,(H,36,40). The summed E-state index contributed by atoms with van der Waals surface area (Å²) in [5.74, 6) is -0.319. The number of anilines is 4. The molecule has 1 saturated heterocycles. The Morgan fingerprint density at radius 1 is 0.929 bits per heavy atom. The molecule has 11 heteroatoms. The fourth-order valence-corrected chi connectivity index (χ4v) is 4.64. The second-order valence-corrected chi connectivity index (χ2v) is 10.1. The molecule has 0 aliphatic carbocycles. The molecule has 214 valence electrons. The van der Waals surface area contributed by atoms with Gasteiger partial charge < -0.3 is 26.2 Å². The molecule has 4 N–H and O–H groups in total. The lowest BCUT2D eigenvalue weighted by Gasteiger charge is -2.19. The topological polar surface area (TPSA) is 137 Å². The van der Waals surface area contributed by atoms with Crippen molar-refractivity contribution in [3.05, 3.63) is 96.4 Å². The average molecular weight is 565 g/mol. The van der Waals surface area contributed by atoms with Crippen LogP contribution in [0, 0.1) is 0 Å². The van der Waals surface area contributed by atoms with Crippen LogP contribution in [-0.2, 0) is 11.3 Å². The Morgan fingerprint density at radius 3 is 2.45 bits per heavy atom. The number of hydrogen-bond acceptors (Lipinski definition) is 7. The van der Waals surface area contributed by atoms with E-state index in [-0.39, 0.29) is 24.4 Å². The highest BCUT2D eigenvalue weighted by molar-refractivity contribution is 5.95. The van der Waals surface area contributed by atoms with Crippen LogP contribution in [0.2, 0.25) is 0 Å². The molecule has 4 aromatic rings. The second-order valence-electron chi connectivity index (χ2n) is 10.1. The van der Waals surface area contributed by atoms with Gasteiger partial charge in [-0.1, -0.05) is 24.3 Å². The SMILES string of the molecule is CN(C)C(=O)c1ccc(-c2ccc(Nc3cncc(N4CCN(Cc5cccc(NC(=O)CN)c5)C4=O)c3)cn2)cc1. The Morgan fingerprint density at radius 2 is 1.74 bits per heavy atom. The molecule has 0 saturated carbocycles. The van der Waals surface area contributed by atoms with Crippen LogP contribution in [0.3, 0.4) is 0 Å². The van der Waals surface area contributed by atoms with Gasteiger partial charge in [-0.2, -0.15) is 0 Å². The van der Waals surface area contributed by atoms with E-state index in [1.165, 1.54) is 0 Å². The molecule has 0 spiro atoms. The average Bonchev–Trinajstić information content (AvgIpc) is 3.36. The lowest BCUT2D eigenvalue weighted by molar-refractivity contribution is -0.114. The lowest BCUT2D eigenvalue weighted by atomic mass is 10.1. The summed E-state index contributed by atoms with van der Waals surface area (Å²) in [5.41, 5.74) is 11.4. The predicted octanol–water partition coefficient (Wildman–Crippen LogP) is 3.93. The summed E-state index contributed by atoms with van der Waals surface area (Å²) in [4.78, 5) is 50.9. The van der Waals surface area contributed by atoms with Crippen molar-refractivity contribution in [3.8, 4) is 11.3 Å². The van der Waals surface area contributed by atoms with E-state index in [4.69, 9.17) is 5.73 Å². The van der Waals surface area contributed by atoms with E-state index in [0.29, 0.717) is 36.6 Å². The number of hydrogen-bond donors (Lipinski definition) is 3. The fraction of sp³-hybridized carbons (Fsp3) is 0.194. The number of carbonyl (C=O) groups excluding carboxylic acids is 3. The van der Waals surface area contributed by atoms with Crippen LogP contribution in [0.1, 0.15) is 15.9 Å². The van der Waals surface area contributed by atoms with Crippen molar-refractivity contribution in [3.63, 3.8) is 0 Å². The number of nitrogens with one attached hydrogen (secondary N) is 2. The van der Waals surface area contributed by atoms with Crippen molar-refractivity contribution in [2.24, 2.45) is 5.73 Å². The van der Waals surface area contributed by atoms with E-state index in [9.17, 15) is 14.4 Å². The summed E-state index contributed by atoms with van der Waals surface area (Å²) in [6.07, 6.45) is 5.09. The van der Waals surface area contributed by atoms with E-state index < -0.39 is 0 Å². The summed E-state index contributed by atoms with van der Waals surface area (Å²) in [5, 5.41) is 6.04. The van der Waals surface area contributed by atoms with Gasteiger partial charge in [0.15, 0.2) is 0 Å². The van der Waals surface area contributed by atoms with Gasteiger partial charge in [-0.05, 0) is 48.0 Å². The second kappa shape index (κ2) is 12.5. The number of urea groups is 1. The summed E-state index contributed by atoms with van der Waals surface area (Å²) in [6, 6.07) is 20.3. The van der Waals surface area contributed by atoms with Gasteiger partial charge in [0.05, 0.1) is 47.9 Å². The third-order valence-electron chi connectivity index (χ3n) is 6.79. The third kappa shape index (κ3) is 6.53. The van der Waals surface area contributed by atoms with Gasteiger partial charge in [0.1, 0.15) is 0 Å². The highest BCUT2D eigenvalue weighted by atomic mass is 16.2. The van der Waals surface area contributed by atoms with Crippen molar-refractivity contribution in [1.29, 1.82) is 0 Å². The van der Waals surface area contributed by atoms with Gasteiger partial charge in [-0.3, -0.25) is 24.5 Å². The molecule has 0 unspecified atom stereocenters. The van der Waals surface area contributed by atoms with Gasteiger partial charge in [-0.25, -0.2) is 4.79 Å². The molecular weight excluding hydrogens is 532 g/mol. The summed E-state index contributed by atoms with van der Waals surface area (Å²) < 4.78 is 0. The first-order chi connectivity index (χ1) is 20.3. The quantitative estimate of drug-likeness (QED) is 0.280. The maximum Gasteiger partial charge on any atom is 0.324 e. The molecule has 4 amide bonds. The fourth-order valence-electron chi connectivity index (χ4n) is 4.64. The molecular formula is C31H32N8O3. The summed E-state index contributed by atoms with van der Waals surface area (Å²) in [7, 11) is 3.45. The monoisotopic (exact) mass is 564 g/mol. The number of pyridine rings is 2. The predicted molar refractivity (Wildman–Crippen MR) is 162 cm³/mol. The van der Waals surface area contributed by atoms with Crippen molar-refractivity contribution < 1.29 is 14.4 Å². The Labute approximate surface area is 244 Å². The van der Waals surface area contributed by atoms with Crippen LogP contribution >= 0.6 is 0 Å². The maximum absolute atomic E-state index is 13.2. The normalized spacial score (nSPS) is 12.8. The van der Waals surface area contributed by atoms with Crippen LogP contribution in [0.4, 0.5) is 27.5 Å². The van der Waals surface area contributed by atoms with Gasteiger partial charge in [-0.15, -0.1) is 0 Å². The molecule has 0 bridgehead atoms. The van der Waals surface area contributed by atoms with E-state index in [1.54, 1.807) is 65.6 Å². The van der Waals surface area contributed by atoms with Crippen LogP contribution in [0.15, 0.2) is 85.3 Å². The van der Waals surface area contributed by atoms with E-state index in [0.717, 1.165) is 28.2 Å². The smallest absolute Gasteiger partial charge is 0.324 e. The molecule has 0 radical (unpaired) electrons. The van der Waals surface area contributed by atoms with Crippen molar-refractivity contribution >= 4 is 40.6 Å². The molecule has 0 atom stereocenters. The first-order valence-electron chi connectivity index (χ1n) is 13.5. The van der Waals surface area contributed by atoms with E-state index in [2.05, 4.69) is 20.6 Å². The summed E-state index contributed by atoms with van der Waals surface area (Å²) in [6.45, 7) is 1.41. The zero-order chi connectivity index (χ0) is 29.6. The molecule has 5 rings (SSSR count). The minimum absolute atomic E-state index is 0.0478. The molecule has 1 fully saturated rings. The zero-order valence-electron chi connectivity index (χ0n) is 23.4. The lowest BCUT2D eigenvalue weighted by Crippen LogP contribution is -2.31. The first-order valence-corrected chi connectivity index (χ1v) is 13.5. The highest BCUT2D eigenvalue weighted by Gasteiger charge is 2.30. The Bertz CT molecular complexity index is 1590. The molecule has 2 aromatic heterocycles. The van der Waals surface area contributed by atoms with Gasteiger partial charge in [0.25, 0.3) is 5.91 Å². The van der Waals surface area contributed by atoms with Crippen molar-refractivity contribution in [2.75, 3.05) is 49.3 Å². The van der Waals surface area contributed by atoms with Gasteiger partial charge in [0.2, 0.25) is 5.91 Å². The molecule has 2 aromatic carbocycles. The van der Waals surface area contributed by atoms with Gasteiger partial charge in [0, 0.05) is 50.5 Å². The number of rotatable bonds is 9. The molecule has 1 aliphatic heterocycles.